The minimum Gasteiger partial charge on any atom is -0.344 e. The number of aliphatic imine (C=N–C) groups is 2. The number of aromatic nitrogens is 1. The normalized spacial score (nSPS) is 13.1. The van der Waals surface area contributed by atoms with Gasteiger partial charge in [-0.2, -0.15) is 0 Å². The van der Waals surface area contributed by atoms with E-state index in [9.17, 15) is 4.79 Å². The Morgan fingerprint density at radius 3 is 2.86 bits per heavy atom. The van der Waals surface area contributed by atoms with E-state index in [1.54, 1.807) is 19.5 Å². The Hall–Kier alpha value is -2.30. The molecule has 1 atom stereocenters. The van der Waals surface area contributed by atoms with Gasteiger partial charge in [0.15, 0.2) is 0 Å². The summed E-state index contributed by atoms with van der Waals surface area (Å²) in [6.45, 7) is 6.83. The summed E-state index contributed by atoms with van der Waals surface area (Å²) in [5.41, 5.74) is 1.54. The van der Waals surface area contributed by atoms with E-state index in [-0.39, 0.29) is 0 Å². The van der Waals surface area contributed by atoms with Crippen LogP contribution < -0.4 is 0 Å². The Bertz CT molecular complexity index is 537. The molecule has 0 aromatic carbocycles. The second-order valence-electron chi connectivity index (χ2n) is 5.24. The monoisotopic (exact) mass is 300 g/mol. The molecule has 0 aliphatic carbocycles. The Morgan fingerprint density at radius 1 is 1.50 bits per heavy atom. The number of hydrogen-bond donors (Lipinski definition) is 0. The molecule has 0 radical (unpaired) electrons. The number of pyridine rings is 1. The molecule has 5 heteroatoms. The van der Waals surface area contributed by atoms with Crippen molar-refractivity contribution in [3.05, 3.63) is 36.7 Å². The number of guanidine groups is 1. The summed E-state index contributed by atoms with van der Waals surface area (Å²) >= 11 is 0. The number of hydrogen-bond acceptors (Lipinski definition) is 3. The Balaban J connectivity index is 2.59. The average Bonchev–Trinajstić information content (AvgIpc) is 2.54. The molecule has 0 fully saturated rings. The van der Waals surface area contributed by atoms with Crippen LogP contribution in [0, 0.1) is 5.92 Å². The molecule has 5 nitrogen and oxygen atoms in total. The number of nitrogens with zero attached hydrogens (tertiary/aromatic N) is 4. The fourth-order valence-corrected chi connectivity index (χ4v) is 1.88. The predicted molar refractivity (Wildman–Crippen MR) is 92.2 cm³/mol. The first-order valence-electron chi connectivity index (χ1n) is 7.34. The van der Waals surface area contributed by atoms with Crippen molar-refractivity contribution in [1.29, 1.82) is 0 Å². The summed E-state index contributed by atoms with van der Waals surface area (Å²) < 4.78 is 0. The van der Waals surface area contributed by atoms with Gasteiger partial charge < -0.3 is 9.69 Å². The molecule has 0 aliphatic rings. The Labute approximate surface area is 132 Å². The maximum atomic E-state index is 10.5. The van der Waals surface area contributed by atoms with Gasteiger partial charge in [-0.3, -0.25) is 9.98 Å². The van der Waals surface area contributed by atoms with Crippen LogP contribution in [-0.4, -0.2) is 49.0 Å². The average molecular weight is 300 g/mol. The molecule has 22 heavy (non-hydrogen) atoms. The van der Waals surface area contributed by atoms with Crippen molar-refractivity contribution in [3.8, 4) is 0 Å². The van der Waals surface area contributed by atoms with E-state index < -0.39 is 0 Å². The highest BCUT2D eigenvalue weighted by Gasteiger charge is 2.07. The van der Waals surface area contributed by atoms with Crippen LogP contribution in [-0.2, 0) is 4.79 Å². The quantitative estimate of drug-likeness (QED) is 0.442. The van der Waals surface area contributed by atoms with Gasteiger partial charge in [-0.1, -0.05) is 19.6 Å². The van der Waals surface area contributed by atoms with Gasteiger partial charge >= 0.3 is 0 Å². The lowest BCUT2D eigenvalue weighted by Crippen LogP contribution is -2.27. The van der Waals surface area contributed by atoms with Crippen molar-refractivity contribution in [2.45, 2.75) is 19.8 Å². The second kappa shape index (κ2) is 9.60. The molecule has 1 rings (SSSR count). The van der Waals surface area contributed by atoms with Crippen LogP contribution in [0.4, 0.5) is 0 Å². The number of rotatable bonds is 7. The van der Waals surface area contributed by atoms with Gasteiger partial charge in [0.25, 0.3) is 0 Å². The Kier molecular flexibility index (Phi) is 7.75. The van der Waals surface area contributed by atoms with Crippen LogP contribution in [0.15, 0.2) is 41.0 Å². The van der Waals surface area contributed by atoms with Crippen LogP contribution in [0.3, 0.4) is 0 Å². The number of allylic oxidation sites excluding steroid dienone is 1. The van der Waals surface area contributed by atoms with Gasteiger partial charge in [-0.15, -0.1) is 0 Å². The third-order valence-corrected chi connectivity index (χ3v) is 3.33. The SMILES string of the molecule is C=C(/C=N\C(=NC)N(C)CCC(C)CC=O)c1ccccn1. The van der Waals surface area contributed by atoms with Crippen molar-refractivity contribution in [2.75, 3.05) is 20.6 Å². The molecule has 0 saturated heterocycles. The van der Waals surface area contributed by atoms with Gasteiger partial charge in [0.2, 0.25) is 5.96 Å². The lowest BCUT2D eigenvalue weighted by molar-refractivity contribution is -0.108. The van der Waals surface area contributed by atoms with Crippen LogP contribution in [0.2, 0.25) is 0 Å². The van der Waals surface area contributed by atoms with E-state index in [4.69, 9.17) is 0 Å². The highest BCUT2D eigenvalue weighted by Crippen LogP contribution is 2.08. The fraction of sp³-hybridized carbons (Fsp3) is 0.412. The second-order valence-corrected chi connectivity index (χ2v) is 5.24. The molecule has 1 heterocycles. The van der Waals surface area contributed by atoms with Gasteiger partial charge in [-0.25, -0.2) is 4.99 Å². The topological polar surface area (TPSA) is 57.9 Å². The van der Waals surface area contributed by atoms with Gasteiger partial charge in [0, 0.05) is 45.0 Å². The molecule has 0 spiro atoms. The van der Waals surface area contributed by atoms with Crippen molar-refractivity contribution < 1.29 is 4.79 Å². The van der Waals surface area contributed by atoms with Gasteiger partial charge in [-0.05, 0) is 24.5 Å². The molecule has 1 unspecified atom stereocenters. The van der Waals surface area contributed by atoms with E-state index in [1.165, 1.54) is 0 Å². The van der Waals surface area contributed by atoms with Crippen molar-refractivity contribution in [1.82, 2.24) is 9.88 Å². The summed E-state index contributed by atoms with van der Waals surface area (Å²) in [7, 11) is 3.65. The van der Waals surface area contributed by atoms with E-state index >= 15 is 0 Å². The molecule has 118 valence electrons. The largest absolute Gasteiger partial charge is 0.344 e. The van der Waals surface area contributed by atoms with Gasteiger partial charge in [0.05, 0.1) is 5.69 Å². The van der Waals surface area contributed by atoms with E-state index in [0.29, 0.717) is 18.3 Å². The summed E-state index contributed by atoms with van der Waals surface area (Å²) in [4.78, 5) is 25.3. The maximum absolute atomic E-state index is 10.5. The van der Waals surface area contributed by atoms with Crippen molar-refractivity contribution in [2.24, 2.45) is 15.9 Å². The Morgan fingerprint density at radius 2 is 2.27 bits per heavy atom. The first-order chi connectivity index (χ1) is 10.6. The number of carbonyl (C=O) groups is 1. The summed E-state index contributed by atoms with van der Waals surface area (Å²) in [6, 6.07) is 5.67. The molecule has 0 saturated carbocycles. The molecule has 0 amide bonds. The third kappa shape index (κ3) is 5.99. The molecule has 0 aliphatic heterocycles. The zero-order chi connectivity index (χ0) is 16.4. The highest BCUT2D eigenvalue weighted by atomic mass is 16.1. The maximum Gasteiger partial charge on any atom is 0.220 e. The molecule has 0 N–H and O–H groups in total. The first kappa shape index (κ1) is 17.8. The lowest BCUT2D eigenvalue weighted by Gasteiger charge is -2.19. The number of carbonyl (C=O) groups excluding carboxylic acids is 1. The molecule has 1 aromatic rings. The van der Waals surface area contributed by atoms with Crippen LogP contribution in [0.25, 0.3) is 5.57 Å². The van der Waals surface area contributed by atoms with Crippen molar-refractivity contribution >= 4 is 24.0 Å². The van der Waals surface area contributed by atoms with Crippen LogP contribution in [0.5, 0.6) is 0 Å². The lowest BCUT2D eigenvalue weighted by atomic mass is 10.1. The summed E-state index contributed by atoms with van der Waals surface area (Å²) in [5, 5.41) is 0. The van der Waals surface area contributed by atoms with Crippen molar-refractivity contribution in [3.63, 3.8) is 0 Å². The fourth-order valence-electron chi connectivity index (χ4n) is 1.88. The standard InChI is InChI=1S/C17H24N4O/c1-14(9-12-22)8-11-21(4)17(18-3)20-13-15(2)16-7-5-6-10-19-16/h5-7,10,12-14H,2,8-9,11H2,1,3-4H3/b18-17?,20-13-. The zero-order valence-electron chi connectivity index (χ0n) is 13.6. The zero-order valence-corrected chi connectivity index (χ0v) is 13.6. The molecular formula is C17H24N4O. The highest BCUT2D eigenvalue weighted by molar-refractivity contribution is 6.11. The van der Waals surface area contributed by atoms with E-state index in [2.05, 4.69) is 28.5 Å². The minimum atomic E-state index is 0.366. The summed E-state index contributed by atoms with van der Waals surface area (Å²) in [5.74, 6) is 1.00. The van der Waals surface area contributed by atoms with Crippen LogP contribution in [0.1, 0.15) is 25.5 Å². The molecule has 0 bridgehead atoms. The van der Waals surface area contributed by atoms with Crippen LogP contribution >= 0.6 is 0 Å². The van der Waals surface area contributed by atoms with Gasteiger partial charge in [0.1, 0.15) is 6.29 Å². The summed E-state index contributed by atoms with van der Waals surface area (Å²) in [6.07, 6.45) is 5.88. The smallest absolute Gasteiger partial charge is 0.220 e. The molecule has 1 aromatic heterocycles. The predicted octanol–water partition coefficient (Wildman–Crippen LogP) is 2.70. The van der Waals surface area contributed by atoms with E-state index in [1.807, 2.05) is 30.1 Å². The number of aldehydes is 1. The minimum absolute atomic E-state index is 0.366. The third-order valence-electron chi connectivity index (χ3n) is 3.33. The first-order valence-corrected chi connectivity index (χ1v) is 7.34. The van der Waals surface area contributed by atoms with E-state index in [0.717, 1.165) is 30.5 Å². The molecular weight excluding hydrogens is 276 g/mol.